The van der Waals surface area contributed by atoms with Crippen LogP contribution in [0.3, 0.4) is 0 Å². The molecule has 0 amide bonds. The molecule has 0 fully saturated rings. The van der Waals surface area contributed by atoms with Crippen molar-refractivity contribution in [2.24, 2.45) is 0 Å². The molecule has 0 aliphatic heterocycles. The van der Waals surface area contributed by atoms with Crippen molar-refractivity contribution in [1.82, 2.24) is 0 Å². The van der Waals surface area contributed by atoms with Gasteiger partial charge in [0.15, 0.2) is 0 Å². The zero-order valence-electron chi connectivity index (χ0n) is 9.22. The van der Waals surface area contributed by atoms with E-state index in [4.69, 9.17) is 0 Å². The molecule has 0 aromatic heterocycles. The molecular formula is C15H14O. The van der Waals surface area contributed by atoms with E-state index in [-0.39, 0.29) is 0 Å². The van der Waals surface area contributed by atoms with Gasteiger partial charge in [0.25, 0.3) is 0 Å². The molecule has 2 rings (SSSR count). The minimum absolute atomic E-state index is 0.300. The van der Waals surface area contributed by atoms with Crippen LogP contribution >= 0.6 is 0 Å². The molecule has 2 aromatic rings. The highest BCUT2D eigenvalue weighted by atomic mass is 16.3. The maximum atomic E-state index is 9.21. The van der Waals surface area contributed by atoms with Crippen LogP contribution in [0.15, 0.2) is 54.6 Å². The van der Waals surface area contributed by atoms with E-state index in [2.05, 4.69) is 30.3 Å². The molecule has 0 radical (unpaired) electrons. The molecule has 0 spiro atoms. The number of rotatable bonds is 2. The quantitative estimate of drug-likeness (QED) is 0.791. The van der Waals surface area contributed by atoms with E-state index in [9.17, 15) is 5.11 Å². The van der Waals surface area contributed by atoms with E-state index in [1.807, 2.05) is 25.1 Å². The van der Waals surface area contributed by atoms with Crippen LogP contribution in [0.25, 0.3) is 17.2 Å². The highest BCUT2D eigenvalue weighted by Gasteiger charge is 1.96. The minimum atomic E-state index is 0.300. The predicted octanol–water partition coefficient (Wildman–Crippen LogP) is 4.09. The van der Waals surface area contributed by atoms with Crippen molar-refractivity contribution in [3.8, 4) is 16.9 Å². The number of benzene rings is 2. The van der Waals surface area contributed by atoms with Gasteiger partial charge in [0.1, 0.15) is 5.75 Å². The summed E-state index contributed by atoms with van der Waals surface area (Å²) < 4.78 is 0. The first-order valence-electron chi connectivity index (χ1n) is 5.32. The Bertz CT molecular complexity index is 478. The summed E-state index contributed by atoms with van der Waals surface area (Å²) in [6.45, 7) is 2.01. The summed E-state index contributed by atoms with van der Waals surface area (Å²) in [7, 11) is 0. The number of phenolic OH excluding ortho intramolecular Hbond substituents is 1. The Hall–Kier alpha value is -2.02. The molecule has 0 atom stereocenters. The molecule has 0 bridgehead atoms. The van der Waals surface area contributed by atoms with Gasteiger partial charge >= 0.3 is 0 Å². The molecule has 0 saturated heterocycles. The summed E-state index contributed by atoms with van der Waals surface area (Å²) in [5.74, 6) is 0.300. The predicted molar refractivity (Wildman–Crippen MR) is 68.3 cm³/mol. The summed E-state index contributed by atoms with van der Waals surface area (Å²) in [6.07, 6.45) is 4.09. The molecule has 0 saturated carbocycles. The van der Waals surface area contributed by atoms with Crippen LogP contribution in [0.2, 0.25) is 0 Å². The number of allylic oxidation sites excluding steroid dienone is 1. The van der Waals surface area contributed by atoms with Crippen LogP contribution in [0, 0.1) is 0 Å². The van der Waals surface area contributed by atoms with E-state index in [1.165, 1.54) is 5.56 Å². The number of hydrogen-bond donors (Lipinski definition) is 1. The Balaban J connectivity index is 2.31. The molecule has 2 aromatic carbocycles. The normalized spacial score (nSPS) is 10.8. The van der Waals surface area contributed by atoms with Gasteiger partial charge in [0, 0.05) is 0 Å². The lowest BCUT2D eigenvalue weighted by Gasteiger charge is -2.02. The smallest absolute Gasteiger partial charge is 0.115 e. The third kappa shape index (κ3) is 2.31. The Labute approximate surface area is 95.7 Å². The maximum absolute atomic E-state index is 9.21. The van der Waals surface area contributed by atoms with Gasteiger partial charge < -0.3 is 5.11 Å². The van der Waals surface area contributed by atoms with E-state index >= 15 is 0 Å². The second-order valence-corrected chi connectivity index (χ2v) is 3.67. The summed E-state index contributed by atoms with van der Waals surface area (Å²) in [6, 6.07) is 15.6. The van der Waals surface area contributed by atoms with E-state index in [0.29, 0.717) is 5.75 Å². The van der Waals surface area contributed by atoms with Crippen molar-refractivity contribution < 1.29 is 5.11 Å². The summed E-state index contributed by atoms with van der Waals surface area (Å²) in [5.41, 5.74) is 3.48. The van der Waals surface area contributed by atoms with Gasteiger partial charge in [0.2, 0.25) is 0 Å². The monoisotopic (exact) mass is 210 g/mol. The lowest BCUT2D eigenvalue weighted by atomic mass is 10.0. The van der Waals surface area contributed by atoms with Gasteiger partial charge in [-0.05, 0) is 35.7 Å². The first kappa shape index (κ1) is 10.5. The van der Waals surface area contributed by atoms with Crippen molar-refractivity contribution in [1.29, 1.82) is 0 Å². The summed E-state index contributed by atoms with van der Waals surface area (Å²) >= 11 is 0. The average molecular weight is 210 g/mol. The number of phenols is 1. The van der Waals surface area contributed by atoms with Crippen LogP contribution < -0.4 is 0 Å². The fraction of sp³-hybridized carbons (Fsp3) is 0.0667. The Morgan fingerprint density at radius 2 is 1.31 bits per heavy atom. The highest BCUT2D eigenvalue weighted by molar-refractivity contribution is 5.66. The van der Waals surface area contributed by atoms with E-state index < -0.39 is 0 Å². The first-order chi connectivity index (χ1) is 7.79. The SMILES string of the molecule is C/C=C/c1ccc(-c2ccc(O)cc2)cc1. The third-order valence-corrected chi connectivity index (χ3v) is 2.47. The molecule has 1 heteroatoms. The van der Waals surface area contributed by atoms with Gasteiger partial charge in [0.05, 0.1) is 0 Å². The van der Waals surface area contributed by atoms with Crippen LogP contribution in [0.1, 0.15) is 12.5 Å². The fourth-order valence-corrected chi connectivity index (χ4v) is 1.63. The average Bonchev–Trinajstić information content (AvgIpc) is 2.32. The molecule has 1 N–H and O–H groups in total. The van der Waals surface area contributed by atoms with Crippen LogP contribution in [-0.2, 0) is 0 Å². The van der Waals surface area contributed by atoms with E-state index in [1.54, 1.807) is 12.1 Å². The summed E-state index contributed by atoms with van der Waals surface area (Å²) in [4.78, 5) is 0. The molecular weight excluding hydrogens is 196 g/mol. The summed E-state index contributed by atoms with van der Waals surface area (Å²) in [5, 5.41) is 9.21. The highest BCUT2D eigenvalue weighted by Crippen LogP contribution is 2.22. The number of hydrogen-bond acceptors (Lipinski definition) is 1. The van der Waals surface area contributed by atoms with Gasteiger partial charge in [-0.25, -0.2) is 0 Å². The van der Waals surface area contributed by atoms with Crippen molar-refractivity contribution in [3.05, 3.63) is 60.2 Å². The van der Waals surface area contributed by atoms with Crippen LogP contribution in [0.5, 0.6) is 5.75 Å². The van der Waals surface area contributed by atoms with Crippen LogP contribution in [0.4, 0.5) is 0 Å². The Morgan fingerprint density at radius 1 is 0.812 bits per heavy atom. The van der Waals surface area contributed by atoms with Crippen molar-refractivity contribution in [2.45, 2.75) is 6.92 Å². The molecule has 0 unspecified atom stereocenters. The third-order valence-electron chi connectivity index (χ3n) is 2.47. The Kier molecular flexibility index (Phi) is 3.06. The van der Waals surface area contributed by atoms with Gasteiger partial charge in [-0.2, -0.15) is 0 Å². The van der Waals surface area contributed by atoms with Crippen molar-refractivity contribution in [2.75, 3.05) is 0 Å². The fourth-order valence-electron chi connectivity index (χ4n) is 1.63. The van der Waals surface area contributed by atoms with E-state index in [0.717, 1.165) is 11.1 Å². The minimum Gasteiger partial charge on any atom is -0.508 e. The zero-order valence-corrected chi connectivity index (χ0v) is 9.22. The topological polar surface area (TPSA) is 20.2 Å². The lowest BCUT2D eigenvalue weighted by Crippen LogP contribution is -1.78. The van der Waals surface area contributed by atoms with Gasteiger partial charge in [-0.15, -0.1) is 0 Å². The molecule has 0 heterocycles. The first-order valence-corrected chi connectivity index (χ1v) is 5.32. The molecule has 1 nitrogen and oxygen atoms in total. The standard InChI is InChI=1S/C15H14O/c1-2-3-12-4-6-13(7-5-12)14-8-10-15(16)11-9-14/h2-11,16H,1H3/b3-2+. The van der Waals surface area contributed by atoms with Crippen molar-refractivity contribution in [3.63, 3.8) is 0 Å². The maximum Gasteiger partial charge on any atom is 0.115 e. The zero-order chi connectivity index (χ0) is 11.4. The second-order valence-electron chi connectivity index (χ2n) is 3.67. The Morgan fingerprint density at radius 3 is 1.81 bits per heavy atom. The van der Waals surface area contributed by atoms with Crippen molar-refractivity contribution >= 4 is 6.08 Å². The lowest BCUT2D eigenvalue weighted by molar-refractivity contribution is 0.475. The molecule has 0 aliphatic carbocycles. The molecule has 0 aliphatic rings. The number of aromatic hydroxyl groups is 1. The molecule has 16 heavy (non-hydrogen) atoms. The molecule has 80 valence electrons. The van der Waals surface area contributed by atoms with Gasteiger partial charge in [-0.1, -0.05) is 48.6 Å². The van der Waals surface area contributed by atoms with Gasteiger partial charge in [-0.3, -0.25) is 0 Å². The van der Waals surface area contributed by atoms with Crippen LogP contribution in [-0.4, -0.2) is 5.11 Å². The second kappa shape index (κ2) is 4.67. The largest absolute Gasteiger partial charge is 0.508 e.